The fourth-order valence-corrected chi connectivity index (χ4v) is 2.11. The molecule has 1 aliphatic heterocycles. The van der Waals surface area contributed by atoms with Crippen LogP contribution >= 0.6 is 0 Å². The molecule has 1 atom stereocenters. The number of amidine groups is 2. The van der Waals surface area contributed by atoms with Crippen LogP contribution in [0.2, 0.25) is 0 Å². The van der Waals surface area contributed by atoms with Crippen molar-refractivity contribution in [3.8, 4) is 0 Å². The van der Waals surface area contributed by atoms with Crippen LogP contribution < -0.4 is 0 Å². The summed E-state index contributed by atoms with van der Waals surface area (Å²) in [5.74, 6) is 0.696. The van der Waals surface area contributed by atoms with Crippen molar-refractivity contribution in [3.63, 3.8) is 0 Å². The molecule has 1 rings (SSSR count). The summed E-state index contributed by atoms with van der Waals surface area (Å²) in [5.41, 5.74) is -0.562. The molecule has 5 heteroatoms. The lowest BCUT2D eigenvalue weighted by atomic mass is 9.87. The maximum atomic E-state index is 9.26. The summed E-state index contributed by atoms with van der Waals surface area (Å²) in [6.45, 7) is 18.7. The zero-order valence-electron chi connectivity index (χ0n) is 14.3. The van der Waals surface area contributed by atoms with E-state index in [0.29, 0.717) is 5.84 Å². The molecule has 1 heterocycles. The van der Waals surface area contributed by atoms with Gasteiger partial charge in [0.1, 0.15) is 12.0 Å². The minimum Gasteiger partial charge on any atom is -0.300 e. The molecule has 0 amide bonds. The van der Waals surface area contributed by atoms with Crippen molar-refractivity contribution in [2.75, 3.05) is 0 Å². The predicted octanol–water partition coefficient (Wildman–Crippen LogP) is 3.76. The number of aliphatic imine (C=N–C) groups is 2. The van der Waals surface area contributed by atoms with Gasteiger partial charge < -0.3 is 0 Å². The van der Waals surface area contributed by atoms with Gasteiger partial charge in [-0.15, -0.1) is 0 Å². The molecule has 0 bridgehead atoms. The molecule has 0 radical (unpaired) electrons. The van der Waals surface area contributed by atoms with Gasteiger partial charge in [-0.3, -0.25) is 9.79 Å². The molecule has 0 aliphatic carbocycles. The highest BCUT2D eigenvalue weighted by atomic mass is 17.1. The van der Waals surface area contributed by atoms with E-state index in [2.05, 4.69) is 72.2 Å². The van der Waals surface area contributed by atoms with E-state index in [0.717, 1.165) is 0 Å². The molecule has 1 unspecified atom stereocenters. The van der Waals surface area contributed by atoms with Gasteiger partial charge >= 0.3 is 6.02 Å². The Morgan fingerprint density at radius 3 is 1.80 bits per heavy atom. The lowest BCUT2D eigenvalue weighted by Crippen LogP contribution is -2.58. The molecule has 1 N–H and O–H groups in total. The van der Waals surface area contributed by atoms with E-state index in [1.54, 1.807) is 0 Å². The highest BCUT2D eigenvalue weighted by molar-refractivity contribution is 5.98. The number of hydrogen-bond donors (Lipinski definition) is 1. The molecule has 1 aliphatic rings. The van der Waals surface area contributed by atoms with Crippen molar-refractivity contribution in [1.82, 2.24) is 4.90 Å². The molecular weight excluding hydrogens is 254 g/mol. The van der Waals surface area contributed by atoms with Gasteiger partial charge in [0.2, 0.25) is 0 Å². The van der Waals surface area contributed by atoms with Crippen LogP contribution in [-0.4, -0.2) is 33.7 Å². The molecule has 0 saturated heterocycles. The third-order valence-corrected chi connectivity index (χ3v) is 3.15. The fraction of sp³-hybridized carbons (Fsp3) is 0.867. The van der Waals surface area contributed by atoms with Crippen molar-refractivity contribution in [2.24, 2.45) is 20.8 Å². The van der Waals surface area contributed by atoms with Gasteiger partial charge in [0.25, 0.3) is 0 Å². The van der Waals surface area contributed by atoms with Crippen molar-refractivity contribution in [1.29, 1.82) is 0 Å². The maximum absolute atomic E-state index is 9.26. The van der Waals surface area contributed by atoms with Crippen LogP contribution in [0.5, 0.6) is 0 Å². The topological polar surface area (TPSA) is 57.4 Å². The van der Waals surface area contributed by atoms with Gasteiger partial charge in [0.15, 0.2) is 0 Å². The molecule has 0 aromatic rings. The van der Waals surface area contributed by atoms with E-state index in [4.69, 9.17) is 4.99 Å². The Balaban J connectivity index is 3.42. The van der Waals surface area contributed by atoms with Gasteiger partial charge in [0, 0.05) is 16.4 Å². The lowest BCUT2D eigenvalue weighted by molar-refractivity contribution is -0.175. The van der Waals surface area contributed by atoms with E-state index in [9.17, 15) is 5.26 Å². The molecule has 0 aromatic carbocycles. The van der Waals surface area contributed by atoms with E-state index in [1.165, 1.54) is 0 Å². The summed E-state index contributed by atoms with van der Waals surface area (Å²) in [4.78, 5) is 15.7. The maximum Gasteiger partial charge on any atom is 0.333 e. The normalized spacial score (nSPS) is 21.5. The predicted molar refractivity (Wildman–Crippen MR) is 82.9 cm³/mol. The Morgan fingerprint density at radius 1 is 1.00 bits per heavy atom. The largest absolute Gasteiger partial charge is 0.333 e. The average Bonchev–Trinajstić information content (AvgIpc) is 2.23. The zero-order chi connectivity index (χ0) is 15.9. The first-order valence-electron chi connectivity index (χ1n) is 7.06. The fourth-order valence-electron chi connectivity index (χ4n) is 2.11. The summed E-state index contributed by atoms with van der Waals surface area (Å²) in [7, 11) is 0. The van der Waals surface area contributed by atoms with E-state index >= 15 is 0 Å². The zero-order valence-corrected chi connectivity index (χ0v) is 14.3. The minimum atomic E-state index is -0.258. The first kappa shape index (κ1) is 17.0. The Kier molecular flexibility index (Phi) is 4.26. The van der Waals surface area contributed by atoms with Crippen LogP contribution in [0.15, 0.2) is 9.98 Å². The van der Waals surface area contributed by atoms with Crippen LogP contribution in [-0.2, 0) is 4.89 Å². The molecule has 20 heavy (non-hydrogen) atoms. The Morgan fingerprint density at radius 2 is 1.50 bits per heavy atom. The van der Waals surface area contributed by atoms with Crippen molar-refractivity contribution in [2.45, 2.75) is 74.0 Å². The Labute approximate surface area is 122 Å². The average molecular weight is 283 g/mol. The summed E-state index contributed by atoms with van der Waals surface area (Å²) in [5, 5.41) is 9.26. The second-order valence-corrected chi connectivity index (χ2v) is 8.47. The Hall–Kier alpha value is -1.10. The van der Waals surface area contributed by atoms with Crippen LogP contribution in [0.4, 0.5) is 0 Å². The number of rotatable bonds is 0. The van der Waals surface area contributed by atoms with Gasteiger partial charge in [-0.05, 0) is 20.8 Å². The minimum absolute atomic E-state index is 0.108. The molecule has 5 nitrogen and oxygen atoms in total. The first-order valence-corrected chi connectivity index (χ1v) is 7.06. The summed E-state index contributed by atoms with van der Waals surface area (Å²) in [6.07, 6.45) is -0.142. The monoisotopic (exact) mass is 283 g/mol. The summed E-state index contributed by atoms with van der Waals surface area (Å²) >= 11 is 0. The first-order chi connectivity index (χ1) is 8.78. The van der Waals surface area contributed by atoms with Gasteiger partial charge in [-0.2, -0.15) is 10.2 Å². The highest BCUT2D eigenvalue weighted by Gasteiger charge is 2.43. The number of nitrogens with zero attached hydrogens (tertiary/aromatic N) is 3. The summed E-state index contributed by atoms with van der Waals surface area (Å²) in [6, 6.07) is 0.220. The summed E-state index contributed by atoms with van der Waals surface area (Å²) < 4.78 is 0. The van der Waals surface area contributed by atoms with Gasteiger partial charge in [0.05, 0.1) is 0 Å². The molecule has 0 aromatic heterocycles. The second-order valence-electron chi connectivity index (χ2n) is 8.47. The molecule has 0 saturated carbocycles. The van der Waals surface area contributed by atoms with Gasteiger partial charge in [-0.25, -0.2) is 4.99 Å². The Bertz CT molecular complexity index is 420. The van der Waals surface area contributed by atoms with Crippen molar-refractivity contribution < 1.29 is 10.1 Å². The van der Waals surface area contributed by atoms with Crippen LogP contribution in [0.25, 0.3) is 0 Å². The standard InChI is InChI=1S/C15H29N3O2/c1-13(2,3)10-16-11(14(4,5)6)18(15(7,8)9)12(17-10)20-19/h11,19H,1-9H3. The van der Waals surface area contributed by atoms with E-state index < -0.39 is 0 Å². The number of hydrogen-bond acceptors (Lipinski definition) is 5. The third-order valence-electron chi connectivity index (χ3n) is 3.15. The van der Waals surface area contributed by atoms with Crippen LogP contribution in [0.1, 0.15) is 62.3 Å². The molecular formula is C15H29N3O2. The highest BCUT2D eigenvalue weighted by Crippen LogP contribution is 2.35. The van der Waals surface area contributed by atoms with Crippen molar-refractivity contribution in [3.05, 3.63) is 0 Å². The van der Waals surface area contributed by atoms with Gasteiger partial charge in [-0.1, -0.05) is 41.5 Å². The van der Waals surface area contributed by atoms with Crippen molar-refractivity contribution >= 4 is 11.9 Å². The second kappa shape index (κ2) is 5.02. The molecule has 0 spiro atoms. The molecule has 0 fully saturated rings. The molecule has 116 valence electrons. The van der Waals surface area contributed by atoms with E-state index in [1.807, 2.05) is 4.90 Å². The SMILES string of the molecule is CC(C)(C)C1=NC(C(C)(C)C)N(C(C)(C)C)C(OO)=N1. The quantitative estimate of drug-likeness (QED) is 0.544. The van der Waals surface area contributed by atoms with E-state index in [-0.39, 0.29) is 28.6 Å². The van der Waals surface area contributed by atoms with Crippen LogP contribution in [0.3, 0.4) is 0 Å². The smallest absolute Gasteiger partial charge is 0.300 e. The van der Waals surface area contributed by atoms with Crippen LogP contribution in [0, 0.1) is 10.8 Å². The third kappa shape index (κ3) is 3.51. The lowest BCUT2D eigenvalue weighted by Gasteiger charge is -2.47.